The Labute approximate surface area is 173 Å². The van der Waals surface area contributed by atoms with Crippen molar-refractivity contribution in [2.75, 3.05) is 5.32 Å². The van der Waals surface area contributed by atoms with E-state index in [1.807, 2.05) is 48.5 Å². The fourth-order valence-electron chi connectivity index (χ4n) is 3.23. The molecule has 0 aliphatic carbocycles. The minimum atomic E-state index is -0.337. The number of hydrogen-bond donors (Lipinski definition) is 2. The van der Waals surface area contributed by atoms with Crippen LogP contribution in [0.1, 0.15) is 24.2 Å². The van der Waals surface area contributed by atoms with Crippen molar-refractivity contribution in [1.82, 2.24) is 9.97 Å². The summed E-state index contributed by atoms with van der Waals surface area (Å²) in [4.78, 5) is 20.1. The number of rotatable bonds is 8. The van der Waals surface area contributed by atoms with Crippen LogP contribution in [0.5, 0.6) is 5.75 Å². The van der Waals surface area contributed by atoms with Gasteiger partial charge in [-0.15, -0.1) is 0 Å². The SMILES string of the molecule is O=C(CCCc1nc2ccccc2[nH]1)Nc1cccc(COc2cccc(F)c2)c1. The number of benzene rings is 3. The standard InChI is InChI=1S/C24H22FN3O2/c25-18-7-4-9-20(15-18)30-16-17-6-3-8-19(14-17)26-24(29)13-5-12-23-27-21-10-1-2-11-22(21)28-23/h1-4,6-11,14-15H,5,12-13,16H2,(H,26,29)(H,27,28). The Kier molecular flexibility index (Phi) is 6.03. The molecule has 0 atom stereocenters. The Morgan fingerprint density at radius 2 is 1.90 bits per heavy atom. The van der Waals surface area contributed by atoms with Gasteiger partial charge in [-0.3, -0.25) is 4.79 Å². The number of aromatic nitrogens is 2. The average Bonchev–Trinajstić information content (AvgIpc) is 3.15. The highest BCUT2D eigenvalue weighted by Crippen LogP contribution is 2.17. The number of fused-ring (bicyclic) bond motifs is 1. The van der Waals surface area contributed by atoms with E-state index in [0.29, 0.717) is 37.3 Å². The van der Waals surface area contributed by atoms with E-state index in [2.05, 4.69) is 15.3 Å². The first-order chi connectivity index (χ1) is 14.7. The second-order valence-corrected chi connectivity index (χ2v) is 7.05. The molecule has 0 aliphatic rings. The van der Waals surface area contributed by atoms with Crippen LogP contribution in [0.25, 0.3) is 11.0 Å². The molecular formula is C24H22FN3O2. The van der Waals surface area contributed by atoms with Crippen molar-refractivity contribution >= 4 is 22.6 Å². The monoisotopic (exact) mass is 403 g/mol. The molecule has 0 saturated carbocycles. The number of aryl methyl sites for hydroxylation is 1. The second-order valence-electron chi connectivity index (χ2n) is 7.05. The number of nitrogens with zero attached hydrogens (tertiary/aromatic N) is 1. The number of ether oxygens (including phenoxy) is 1. The molecule has 0 fully saturated rings. The van der Waals surface area contributed by atoms with Gasteiger partial charge in [-0.1, -0.05) is 30.3 Å². The lowest BCUT2D eigenvalue weighted by Crippen LogP contribution is -2.12. The molecule has 5 nitrogen and oxygen atoms in total. The lowest BCUT2D eigenvalue weighted by Gasteiger charge is -2.09. The molecule has 3 aromatic carbocycles. The quantitative estimate of drug-likeness (QED) is 0.423. The Bertz CT molecular complexity index is 1120. The number of H-pyrrole nitrogens is 1. The largest absolute Gasteiger partial charge is 0.489 e. The molecule has 1 heterocycles. The van der Waals surface area contributed by atoms with Crippen LogP contribution in [-0.2, 0) is 17.8 Å². The Hall–Kier alpha value is -3.67. The van der Waals surface area contributed by atoms with Crippen LogP contribution in [-0.4, -0.2) is 15.9 Å². The van der Waals surface area contributed by atoms with Crippen LogP contribution in [0.4, 0.5) is 10.1 Å². The number of para-hydroxylation sites is 2. The third-order valence-corrected chi connectivity index (χ3v) is 4.67. The molecule has 4 rings (SSSR count). The van der Waals surface area contributed by atoms with Crippen molar-refractivity contribution < 1.29 is 13.9 Å². The van der Waals surface area contributed by atoms with Gasteiger partial charge in [-0.2, -0.15) is 0 Å². The number of nitrogens with one attached hydrogen (secondary N) is 2. The Morgan fingerprint density at radius 1 is 1.03 bits per heavy atom. The maximum Gasteiger partial charge on any atom is 0.224 e. The van der Waals surface area contributed by atoms with Crippen LogP contribution < -0.4 is 10.1 Å². The number of halogens is 1. The second kappa shape index (κ2) is 9.22. The third kappa shape index (κ3) is 5.23. The summed E-state index contributed by atoms with van der Waals surface area (Å²) in [5.74, 6) is 0.973. The van der Waals surface area contributed by atoms with Crippen molar-refractivity contribution in [2.45, 2.75) is 25.9 Å². The van der Waals surface area contributed by atoms with E-state index in [9.17, 15) is 9.18 Å². The van der Waals surface area contributed by atoms with E-state index in [1.165, 1.54) is 12.1 Å². The maximum absolute atomic E-state index is 13.2. The number of imidazole rings is 1. The summed E-state index contributed by atoms with van der Waals surface area (Å²) in [6.45, 7) is 0.291. The van der Waals surface area contributed by atoms with Crippen LogP contribution in [0.3, 0.4) is 0 Å². The van der Waals surface area contributed by atoms with Gasteiger partial charge in [0, 0.05) is 24.6 Å². The first-order valence-corrected chi connectivity index (χ1v) is 9.86. The Balaban J connectivity index is 1.26. The lowest BCUT2D eigenvalue weighted by molar-refractivity contribution is -0.116. The van der Waals surface area contributed by atoms with Gasteiger partial charge in [0.1, 0.15) is 24.0 Å². The number of hydrogen-bond acceptors (Lipinski definition) is 3. The highest BCUT2D eigenvalue weighted by molar-refractivity contribution is 5.90. The van der Waals surface area contributed by atoms with Crippen molar-refractivity contribution in [1.29, 1.82) is 0 Å². The van der Waals surface area contributed by atoms with Crippen molar-refractivity contribution in [2.24, 2.45) is 0 Å². The molecular weight excluding hydrogens is 381 g/mol. The van der Waals surface area contributed by atoms with E-state index < -0.39 is 0 Å². The summed E-state index contributed by atoms with van der Waals surface area (Å²) in [6, 6.07) is 21.3. The molecule has 0 aliphatic heterocycles. The molecule has 0 saturated heterocycles. The van der Waals surface area contributed by atoms with Crippen LogP contribution >= 0.6 is 0 Å². The summed E-state index contributed by atoms with van der Waals surface area (Å²) >= 11 is 0. The van der Waals surface area contributed by atoms with E-state index >= 15 is 0 Å². The van der Waals surface area contributed by atoms with Gasteiger partial charge in [0.25, 0.3) is 0 Å². The minimum Gasteiger partial charge on any atom is -0.489 e. The van der Waals surface area contributed by atoms with Gasteiger partial charge in [0.15, 0.2) is 0 Å². The highest BCUT2D eigenvalue weighted by Gasteiger charge is 2.06. The van der Waals surface area contributed by atoms with E-state index in [1.54, 1.807) is 12.1 Å². The van der Waals surface area contributed by atoms with Crippen molar-refractivity contribution in [3.05, 3.63) is 90.0 Å². The lowest BCUT2D eigenvalue weighted by atomic mass is 10.2. The summed E-state index contributed by atoms with van der Waals surface area (Å²) in [5, 5.41) is 2.92. The van der Waals surface area contributed by atoms with Gasteiger partial charge < -0.3 is 15.0 Å². The van der Waals surface area contributed by atoms with Gasteiger partial charge in [-0.05, 0) is 48.4 Å². The van der Waals surface area contributed by atoms with Crippen molar-refractivity contribution in [3.63, 3.8) is 0 Å². The maximum atomic E-state index is 13.2. The zero-order chi connectivity index (χ0) is 20.8. The normalized spacial score (nSPS) is 10.8. The van der Waals surface area contributed by atoms with Crippen LogP contribution in [0, 0.1) is 5.82 Å². The molecule has 1 amide bonds. The molecule has 152 valence electrons. The zero-order valence-electron chi connectivity index (χ0n) is 16.4. The molecule has 0 bridgehead atoms. The minimum absolute atomic E-state index is 0.0469. The topological polar surface area (TPSA) is 67.0 Å². The molecule has 1 aromatic heterocycles. The molecule has 30 heavy (non-hydrogen) atoms. The number of anilines is 1. The summed E-state index contributed by atoms with van der Waals surface area (Å²) in [5.41, 5.74) is 3.55. The summed E-state index contributed by atoms with van der Waals surface area (Å²) < 4.78 is 18.8. The molecule has 6 heteroatoms. The van der Waals surface area contributed by atoms with Gasteiger partial charge in [-0.25, -0.2) is 9.37 Å². The van der Waals surface area contributed by atoms with Gasteiger partial charge in [0.2, 0.25) is 5.91 Å². The number of carbonyl (C=O) groups excluding carboxylic acids is 1. The first kappa shape index (κ1) is 19.6. The predicted octanol–water partition coefficient (Wildman–Crippen LogP) is 5.24. The molecule has 0 spiro atoms. The van der Waals surface area contributed by atoms with Crippen LogP contribution in [0.2, 0.25) is 0 Å². The van der Waals surface area contributed by atoms with E-state index in [-0.39, 0.29) is 11.7 Å². The van der Waals surface area contributed by atoms with Gasteiger partial charge >= 0.3 is 0 Å². The number of amides is 1. The summed E-state index contributed by atoms with van der Waals surface area (Å²) in [6.07, 6.45) is 1.82. The van der Waals surface area contributed by atoms with Gasteiger partial charge in [0.05, 0.1) is 11.0 Å². The summed E-state index contributed by atoms with van der Waals surface area (Å²) in [7, 11) is 0. The first-order valence-electron chi connectivity index (χ1n) is 9.86. The average molecular weight is 403 g/mol. The molecule has 0 unspecified atom stereocenters. The van der Waals surface area contributed by atoms with Crippen molar-refractivity contribution in [3.8, 4) is 5.75 Å². The van der Waals surface area contributed by atoms with Crippen LogP contribution in [0.15, 0.2) is 72.8 Å². The molecule has 2 N–H and O–H groups in total. The number of carbonyl (C=O) groups is 1. The Morgan fingerprint density at radius 3 is 2.77 bits per heavy atom. The molecule has 0 radical (unpaired) electrons. The fourth-order valence-corrected chi connectivity index (χ4v) is 3.23. The number of aromatic amines is 1. The van der Waals surface area contributed by atoms with E-state index in [0.717, 1.165) is 22.4 Å². The molecule has 4 aromatic rings. The predicted molar refractivity (Wildman–Crippen MR) is 115 cm³/mol. The zero-order valence-corrected chi connectivity index (χ0v) is 16.4. The third-order valence-electron chi connectivity index (χ3n) is 4.67. The fraction of sp³-hybridized carbons (Fsp3) is 0.167. The van der Waals surface area contributed by atoms with E-state index in [4.69, 9.17) is 4.74 Å². The highest BCUT2D eigenvalue weighted by atomic mass is 19.1. The smallest absolute Gasteiger partial charge is 0.224 e.